The van der Waals surface area contributed by atoms with Gasteiger partial charge in [-0.3, -0.25) is 9.69 Å². The Balaban J connectivity index is 2.37. The summed E-state index contributed by atoms with van der Waals surface area (Å²) < 4.78 is 0. The minimum absolute atomic E-state index is 0.258. The van der Waals surface area contributed by atoms with Gasteiger partial charge in [0.05, 0.1) is 6.42 Å². The maximum absolute atomic E-state index is 10.5. The molecule has 0 aromatic heterocycles. The number of carbonyl (C=O) groups is 1. The van der Waals surface area contributed by atoms with E-state index in [0.29, 0.717) is 12.6 Å². The van der Waals surface area contributed by atoms with Crippen molar-refractivity contribution < 1.29 is 9.90 Å². The number of aliphatic carboxylic acids is 1. The Bertz CT molecular complexity index is 197. The summed E-state index contributed by atoms with van der Waals surface area (Å²) in [7, 11) is 2.12. The molecule has 1 unspecified atom stereocenters. The van der Waals surface area contributed by atoms with Gasteiger partial charge in [-0.25, -0.2) is 0 Å². The van der Waals surface area contributed by atoms with Crippen LogP contribution in [0.4, 0.5) is 0 Å². The summed E-state index contributed by atoms with van der Waals surface area (Å²) in [4.78, 5) is 15.0. The highest BCUT2D eigenvalue weighted by Gasteiger charge is 2.19. The highest BCUT2D eigenvalue weighted by molar-refractivity contribution is 5.66. The van der Waals surface area contributed by atoms with Gasteiger partial charge in [0.25, 0.3) is 0 Å². The van der Waals surface area contributed by atoms with Crippen LogP contribution in [0.1, 0.15) is 19.8 Å². The molecule has 4 nitrogen and oxygen atoms in total. The molecule has 0 aromatic rings. The normalized spacial score (nSPS) is 26.0. The second-order valence-electron chi connectivity index (χ2n) is 4.12. The fourth-order valence-electron chi connectivity index (χ4n) is 1.79. The fraction of sp³-hybridized carbons (Fsp3) is 0.900. The molecule has 1 atom stereocenters. The fourth-order valence-corrected chi connectivity index (χ4v) is 1.79. The van der Waals surface area contributed by atoms with Crippen LogP contribution in [-0.2, 0) is 4.79 Å². The molecule has 0 spiro atoms. The second-order valence-corrected chi connectivity index (χ2v) is 4.12. The summed E-state index contributed by atoms with van der Waals surface area (Å²) in [6.45, 7) is 6.02. The molecular weight excluding hydrogens is 180 g/mol. The molecule has 1 N–H and O–H groups in total. The first-order valence-corrected chi connectivity index (χ1v) is 5.24. The minimum atomic E-state index is -0.699. The molecule has 0 radical (unpaired) electrons. The molecule has 0 saturated carbocycles. The van der Waals surface area contributed by atoms with Crippen LogP contribution in [-0.4, -0.2) is 60.1 Å². The predicted molar refractivity (Wildman–Crippen MR) is 55.4 cm³/mol. The van der Waals surface area contributed by atoms with Crippen molar-refractivity contribution in [2.75, 3.05) is 33.2 Å². The number of carboxylic acid groups (broad SMARTS) is 1. The number of rotatable bonds is 3. The largest absolute Gasteiger partial charge is 0.481 e. The van der Waals surface area contributed by atoms with Gasteiger partial charge in [0, 0.05) is 25.7 Å². The lowest BCUT2D eigenvalue weighted by molar-refractivity contribution is -0.137. The zero-order chi connectivity index (χ0) is 10.6. The number of carboxylic acids is 1. The van der Waals surface area contributed by atoms with E-state index in [9.17, 15) is 4.79 Å². The van der Waals surface area contributed by atoms with E-state index in [2.05, 4.69) is 23.8 Å². The highest BCUT2D eigenvalue weighted by atomic mass is 16.4. The Morgan fingerprint density at radius 1 is 1.43 bits per heavy atom. The highest BCUT2D eigenvalue weighted by Crippen LogP contribution is 2.09. The molecule has 1 heterocycles. The lowest BCUT2D eigenvalue weighted by Gasteiger charge is -2.25. The van der Waals surface area contributed by atoms with Crippen LogP contribution in [0, 0.1) is 0 Å². The molecule has 0 aliphatic carbocycles. The molecule has 0 amide bonds. The Labute approximate surface area is 85.5 Å². The van der Waals surface area contributed by atoms with Crippen LogP contribution < -0.4 is 0 Å². The molecular formula is C10H20N2O2. The van der Waals surface area contributed by atoms with Gasteiger partial charge >= 0.3 is 5.97 Å². The average Bonchev–Trinajstić information content (AvgIpc) is 2.27. The molecule has 0 bridgehead atoms. The molecule has 1 fully saturated rings. The second kappa shape index (κ2) is 5.32. The van der Waals surface area contributed by atoms with E-state index in [1.54, 1.807) is 0 Å². The maximum atomic E-state index is 10.5. The molecule has 0 aromatic carbocycles. The van der Waals surface area contributed by atoms with Crippen molar-refractivity contribution >= 4 is 5.97 Å². The molecule has 1 aliphatic rings. The third-order valence-electron chi connectivity index (χ3n) is 2.93. The standard InChI is InChI=1S/C10H20N2O2/c1-9-3-5-11(2)7-8-12(9)6-4-10(13)14/h9H,3-8H2,1-2H3,(H,13,14). The predicted octanol–water partition coefficient (Wildman–Crippen LogP) is 0.487. The lowest BCUT2D eigenvalue weighted by Crippen LogP contribution is -2.36. The van der Waals surface area contributed by atoms with Gasteiger partial charge in [-0.1, -0.05) is 0 Å². The van der Waals surface area contributed by atoms with E-state index in [0.717, 1.165) is 26.1 Å². The zero-order valence-corrected chi connectivity index (χ0v) is 9.07. The lowest BCUT2D eigenvalue weighted by atomic mass is 10.2. The van der Waals surface area contributed by atoms with E-state index >= 15 is 0 Å². The van der Waals surface area contributed by atoms with Crippen LogP contribution in [0.15, 0.2) is 0 Å². The van der Waals surface area contributed by atoms with Gasteiger partial charge < -0.3 is 10.0 Å². The first kappa shape index (κ1) is 11.5. The molecule has 82 valence electrons. The Kier molecular flexibility index (Phi) is 4.35. The molecule has 1 aliphatic heterocycles. The van der Waals surface area contributed by atoms with E-state index in [1.807, 2.05) is 0 Å². The third kappa shape index (κ3) is 3.64. The average molecular weight is 200 g/mol. The summed E-state index contributed by atoms with van der Waals surface area (Å²) >= 11 is 0. The van der Waals surface area contributed by atoms with Crippen LogP contribution in [0.3, 0.4) is 0 Å². The van der Waals surface area contributed by atoms with Crippen molar-refractivity contribution in [3.05, 3.63) is 0 Å². The summed E-state index contributed by atoms with van der Waals surface area (Å²) in [5.41, 5.74) is 0. The van der Waals surface area contributed by atoms with Gasteiger partial charge in [0.2, 0.25) is 0 Å². The first-order chi connectivity index (χ1) is 6.59. The van der Waals surface area contributed by atoms with Crippen LogP contribution in [0.5, 0.6) is 0 Å². The topological polar surface area (TPSA) is 43.8 Å². The quantitative estimate of drug-likeness (QED) is 0.720. The Morgan fingerprint density at radius 2 is 2.14 bits per heavy atom. The summed E-state index contributed by atoms with van der Waals surface area (Å²) in [5.74, 6) is -0.699. The third-order valence-corrected chi connectivity index (χ3v) is 2.93. The van der Waals surface area contributed by atoms with Gasteiger partial charge in [0.1, 0.15) is 0 Å². The first-order valence-electron chi connectivity index (χ1n) is 5.24. The molecule has 1 rings (SSSR count). The van der Waals surface area contributed by atoms with Crippen molar-refractivity contribution in [2.24, 2.45) is 0 Å². The number of hydrogen-bond donors (Lipinski definition) is 1. The smallest absolute Gasteiger partial charge is 0.304 e. The Morgan fingerprint density at radius 3 is 2.79 bits per heavy atom. The molecule has 4 heteroatoms. The monoisotopic (exact) mass is 200 g/mol. The van der Waals surface area contributed by atoms with E-state index in [-0.39, 0.29) is 6.42 Å². The SMILES string of the molecule is CC1CCN(C)CCN1CCC(=O)O. The summed E-state index contributed by atoms with van der Waals surface area (Å²) in [6.07, 6.45) is 1.39. The van der Waals surface area contributed by atoms with E-state index in [1.165, 1.54) is 0 Å². The van der Waals surface area contributed by atoms with Crippen molar-refractivity contribution in [3.8, 4) is 0 Å². The van der Waals surface area contributed by atoms with Crippen molar-refractivity contribution in [3.63, 3.8) is 0 Å². The number of hydrogen-bond acceptors (Lipinski definition) is 3. The number of nitrogens with zero attached hydrogens (tertiary/aromatic N) is 2. The van der Waals surface area contributed by atoms with Crippen molar-refractivity contribution in [1.29, 1.82) is 0 Å². The van der Waals surface area contributed by atoms with Crippen LogP contribution >= 0.6 is 0 Å². The maximum Gasteiger partial charge on any atom is 0.304 e. The van der Waals surface area contributed by atoms with Crippen LogP contribution in [0.2, 0.25) is 0 Å². The minimum Gasteiger partial charge on any atom is -0.481 e. The molecule has 14 heavy (non-hydrogen) atoms. The van der Waals surface area contributed by atoms with Crippen molar-refractivity contribution in [1.82, 2.24) is 9.80 Å². The summed E-state index contributed by atoms with van der Waals surface area (Å²) in [6, 6.07) is 0.513. The molecule has 1 saturated heterocycles. The van der Waals surface area contributed by atoms with Crippen LogP contribution in [0.25, 0.3) is 0 Å². The van der Waals surface area contributed by atoms with Gasteiger partial charge in [-0.15, -0.1) is 0 Å². The number of likely N-dealkylation sites (N-methyl/N-ethyl adjacent to an activating group) is 1. The van der Waals surface area contributed by atoms with Gasteiger partial charge in [0.15, 0.2) is 0 Å². The zero-order valence-electron chi connectivity index (χ0n) is 9.07. The Hall–Kier alpha value is -0.610. The van der Waals surface area contributed by atoms with Gasteiger partial charge in [-0.2, -0.15) is 0 Å². The summed E-state index contributed by atoms with van der Waals surface area (Å²) in [5, 5.41) is 8.62. The van der Waals surface area contributed by atoms with Gasteiger partial charge in [-0.05, 0) is 26.9 Å². The van der Waals surface area contributed by atoms with Crippen molar-refractivity contribution in [2.45, 2.75) is 25.8 Å². The van der Waals surface area contributed by atoms with E-state index < -0.39 is 5.97 Å². The van der Waals surface area contributed by atoms with E-state index in [4.69, 9.17) is 5.11 Å².